The third kappa shape index (κ3) is 6.09. The highest BCUT2D eigenvalue weighted by molar-refractivity contribution is 7.52. The van der Waals surface area contributed by atoms with E-state index in [0.29, 0.717) is 18.8 Å². The van der Waals surface area contributed by atoms with Gasteiger partial charge in [0.25, 0.3) is 0 Å². The maximum absolute atomic E-state index is 13.1. The Bertz CT molecular complexity index is 597. The number of para-hydroxylation sites is 1. The van der Waals surface area contributed by atoms with Crippen LogP contribution in [0.3, 0.4) is 0 Å². The number of hydrogen-bond acceptors (Lipinski definition) is 7. The lowest BCUT2D eigenvalue weighted by atomic mass is 10.2. The summed E-state index contributed by atoms with van der Waals surface area (Å²) in [4.78, 5) is 11.8. The van der Waals surface area contributed by atoms with E-state index < -0.39 is 32.0 Å². The van der Waals surface area contributed by atoms with E-state index in [0.717, 1.165) is 0 Å². The van der Waals surface area contributed by atoms with Crippen LogP contribution in [0.15, 0.2) is 30.3 Å². The van der Waals surface area contributed by atoms with E-state index in [1.807, 2.05) is 0 Å². The first-order valence-electron chi connectivity index (χ1n) is 8.17. The highest BCUT2D eigenvalue weighted by atomic mass is 31.2. The van der Waals surface area contributed by atoms with Crippen molar-refractivity contribution in [2.24, 2.45) is 0 Å². The summed E-state index contributed by atoms with van der Waals surface area (Å²) in [6.45, 7) is 3.67. The molecule has 1 fully saturated rings. The van der Waals surface area contributed by atoms with Gasteiger partial charge in [-0.2, -0.15) is 5.09 Å². The lowest BCUT2D eigenvalue weighted by molar-refractivity contribution is -0.144. The molecule has 0 radical (unpaired) electrons. The summed E-state index contributed by atoms with van der Waals surface area (Å²) in [5, 5.41) is 12.4. The molecule has 1 aliphatic heterocycles. The van der Waals surface area contributed by atoms with E-state index >= 15 is 0 Å². The minimum Gasteiger partial charge on any atom is -0.465 e. The first kappa shape index (κ1) is 19.9. The van der Waals surface area contributed by atoms with Gasteiger partial charge in [-0.15, -0.1) is 0 Å². The van der Waals surface area contributed by atoms with E-state index in [4.69, 9.17) is 18.5 Å². The molecule has 1 heterocycles. The molecule has 0 aromatic heterocycles. The first-order chi connectivity index (χ1) is 11.9. The summed E-state index contributed by atoms with van der Waals surface area (Å²) in [5.74, 6) is -0.248. The van der Waals surface area contributed by atoms with Gasteiger partial charge in [0.2, 0.25) is 0 Å². The van der Waals surface area contributed by atoms with Crippen LogP contribution in [0.2, 0.25) is 0 Å². The van der Waals surface area contributed by atoms with Gasteiger partial charge in [0.15, 0.2) is 0 Å². The number of esters is 1. The van der Waals surface area contributed by atoms with Gasteiger partial charge in [0, 0.05) is 6.61 Å². The van der Waals surface area contributed by atoms with E-state index in [1.165, 1.54) is 6.92 Å². The monoisotopic (exact) mass is 373 g/mol. The summed E-state index contributed by atoms with van der Waals surface area (Å²) in [7, 11) is -3.90. The molecule has 2 rings (SSSR count). The Labute approximate surface area is 147 Å². The van der Waals surface area contributed by atoms with Gasteiger partial charge in [0.05, 0.1) is 19.3 Å². The van der Waals surface area contributed by atoms with E-state index in [1.54, 1.807) is 37.3 Å². The van der Waals surface area contributed by atoms with Crippen LogP contribution in [0.4, 0.5) is 0 Å². The fourth-order valence-corrected chi connectivity index (χ4v) is 3.74. The van der Waals surface area contributed by atoms with Gasteiger partial charge < -0.3 is 19.1 Å². The second-order valence-electron chi connectivity index (χ2n) is 5.57. The van der Waals surface area contributed by atoms with E-state index in [-0.39, 0.29) is 13.2 Å². The van der Waals surface area contributed by atoms with Crippen LogP contribution in [0.25, 0.3) is 0 Å². The van der Waals surface area contributed by atoms with Crippen molar-refractivity contribution >= 4 is 13.7 Å². The Morgan fingerprint density at radius 2 is 2.16 bits per heavy atom. The molecule has 4 atom stereocenters. The van der Waals surface area contributed by atoms with E-state index in [9.17, 15) is 14.5 Å². The Morgan fingerprint density at radius 3 is 2.76 bits per heavy atom. The summed E-state index contributed by atoms with van der Waals surface area (Å²) >= 11 is 0. The topological polar surface area (TPSA) is 103 Å². The number of nitrogens with one attached hydrogen (secondary N) is 1. The summed E-state index contributed by atoms with van der Waals surface area (Å²) in [6, 6.07) is 7.57. The fraction of sp³-hybridized carbons (Fsp3) is 0.562. The smallest absolute Gasteiger partial charge is 0.459 e. The Morgan fingerprint density at radius 1 is 1.44 bits per heavy atom. The SMILES string of the molecule is CCOC(=O)[C@H](C)NP(=O)(OCC1OCC[C@H]1O)Oc1ccccc1. The number of aliphatic hydroxyl groups excluding tert-OH is 1. The minimum atomic E-state index is -3.90. The van der Waals surface area contributed by atoms with Crippen LogP contribution < -0.4 is 9.61 Å². The molecule has 0 saturated carbocycles. The van der Waals surface area contributed by atoms with Gasteiger partial charge in [-0.1, -0.05) is 18.2 Å². The molecular weight excluding hydrogens is 349 g/mol. The van der Waals surface area contributed by atoms with Crippen LogP contribution >= 0.6 is 7.75 Å². The van der Waals surface area contributed by atoms with Crippen molar-refractivity contribution < 1.29 is 33.0 Å². The molecule has 0 bridgehead atoms. The largest absolute Gasteiger partial charge is 0.465 e. The molecule has 0 spiro atoms. The number of aliphatic hydroxyl groups is 1. The minimum absolute atomic E-state index is 0.131. The van der Waals surface area contributed by atoms with Crippen LogP contribution in [-0.4, -0.2) is 49.1 Å². The summed E-state index contributed by atoms with van der Waals surface area (Å²) in [5.41, 5.74) is 0. The zero-order valence-electron chi connectivity index (χ0n) is 14.3. The molecule has 9 heteroatoms. The van der Waals surface area contributed by atoms with Gasteiger partial charge in [-0.05, 0) is 32.4 Å². The number of ether oxygens (including phenoxy) is 2. The highest BCUT2D eigenvalue weighted by Gasteiger charge is 2.35. The predicted octanol–water partition coefficient (Wildman–Crippen LogP) is 1.88. The number of rotatable bonds is 9. The molecule has 1 aromatic carbocycles. The lowest BCUT2D eigenvalue weighted by Gasteiger charge is -2.24. The van der Waals surface area contributed by atoms with Crippen LogP contribution in [-0.2, 0) is 23.4 Å². The maximum Gasteiger partial charge on any atom is 0.459 e. The summed E-state index contributed by atoms with van der Waals surface area (Å²) in [6.07, 6.45) is -0.787. The molecule has 2 N–H and O–H groups in total. The number of hydrogen-bond donors (Lipinski definition) is 2. The normalized spacial score (nSPS) is 23.6. The quantitative estimate of drug-likeness (QED) is 0.500. The van der Waals surface area contributed by atoms with Crippen molar-refractivity contribution in [1.29, 1.82) is 0 Å². The molecule has 1 aliphatic rings. The molecule has 8 nitrogen and oxygen atoms in total. The van der Waals surface area contributed by atoms with Gasteiger partial charge in [0.1, 0.15) is 17.9 Å². The molecule has 2 unspecified atom stereocenters. The number of benzene rings is 1. The Balaban J connectivity index is 2.06. The highest BCUT2D eigenvalue weighted by Crippen LogP contribution is 2.45. The Kier molecular flexibility index (Phi) is 7.40. The molecule has 1 aromatic rings. The van der Waals surface area contributed by atoms with Crippen molar-refractivity contribution in [3.63, 3.8) is 0 Å². The average molecular weight is 373 g/mol. The molecular formula is C16H24NO7P. The van der Waals surface area contributed by atoms with Gasteiger partial charge in [-0.3, -0.25) is 9.32 Å². The lowest BCUT2D eigenvalue weighted by Crippen LogP contribution is -2.36. The third-order valence-electron chi connectivity index (χ3n) is 3.54. The summed E-state index contributed by atoms with van der Waals surface area (Å²) < 4.78 is 34.2. The van der Waals surface area contributed by atoms with Crippen LogP contribution in [0, 0.1) is 0 Å². The second-order valence-corrected chi connectivity index (χ2v) is 7.26. The van der Waals surface area contributed by atoms with Crippen molar-refractivity contribution in [3.05, 3.63) is 30.3 Å². The van der Waals surface area contributed by atoms with Crippen molar-refractivity contribution in [1.82, 2.24) is 5.09 Å². The first-order valence-corrected chi connectivity index (χ1v) is 9.71. The molecule has 0 amide bonds. The van der Waals surface area contributed by atoms with Gasteiger partial charge >= 0.3 is 13.7 Å². The average Bonchev–Trinajstić information content (AvgIpc) is 2.99. The van der Waals surface area contributed by atoms with Crippen molar-refractivity contribution in [2.45, 2.75) is 38.5 Å². The predicted molar refractivity (Wildman–Crippen MR) is 90.2 cm³/mol. The fourth-order valence-electron chi connectivity index (χ4n) is 2.24. The van der Waals surface area contributed by atoms with Crippen molar-refractivity contribution in [2.75, 3.05) is 19.8 Å². The molecule has 140 valence electrons. The van der Waals surface area contributed by atoms with Crippen LogP contribution in [0.5, 0.6) is 5.75 Å². The molecule has 0 aliphatic carbocycles. The molecule has 1 saturated heterocycles. The number of carbonyl (C=O) groups is 1. The Hall–Kier alpha value is -1.44. The zero-order chi connectivity index (χ0) is 18.3. The van der Waals surface area contributed by atoms with Crippen LogP contribution in [0.1, 0.15) is 20.3 Å². The van der Waals surface area contributed by atoms with E-state index in [2.05, 4.69) is 5.09 Å². The van der Waals surface area contributed by atoms with Gasteiger partial charge in [-0.25, -0.2) is 4.57 Å². The zero-order valence-corrected chi connectivity index (χ0v) is 15.2. The molecule has 25 heavy (non-hydrogen) atoms. The second kappa shape index (κ2) is 9.31. The van der Waals surface area contributed by atoms with Crippen molar-refractivity contribution in [3.8, 4) is 5.75 Å². The number of carbonyl (C=O) groups excluding carboxylic acids is 1. The standard InChI is InChI=1S/C16H24NO7P/c1-3-21-16(19)12(2)17-25(20,24-13-7-5-4-6-8-13)23-11-15-14(18)9-10-22-15/h4-8,12,14-15,18H,3,9-11H2,1-2H3,(H,17,20)/t12-,14+,15?,25?/m0/s1. The maximum atomic E-state index is 13.1. The third-order valence-corrected chi connectivity index (χ3v) is 5.19.